The van der Waals surface area contributed by atoms with Crippen molar-refractivity contribution in [2.45, 2.75) is 39.2 Å². The second kappa shape index (κ2) is 4.88. The average Bonchev–Trinajstić information content (AvgIpc) is 2.72. The van der Waals surface area contributed by atoms with Gasteiger partial charge >= 0.3 is 5.97 Å². The molecule has 0 bridgehead atoms. The molecule has 0 saturated carbocycles. The average molecular weight is 254 g/mol. The van der Waals surface area contributed by atoms with E-state index in [-0.39, 0.29) is 12.3 Å². The minimum Gasteiger partial charge on any atom is -0.481 e. The molecule has 1 unspecified atom stereocenters. The van der Waals surface area contributed by atoms with Crippen LogP contribution in [0, 0.1) is 5.41 Å². The summed E-state index contributed by atoms with van der Waals surface area (Å²) in [4.78, 5) is 27.5. The van der Waals surface area contributed by atoms with Gasteiger partial charge in [0.05, 0.1) is 11.8 Å². The zero-order chi connectivity index (χ0) is 13.3. The Hall–Kier alpha value is -1.10. The van der Waals surface area contributed by atoms with Gasteiger partial charge in [0, 0.05) is 25.7 Å². The van der Waals surface area contributed by atoms with Gasteiger partial charge in [-0.25, -0.2) is 0 Å². The van der Waals surface area contributed by atoms with Gasteiger partial charge in [0.2, 0.25) is 5.91 Å². The smallest absolute Gasteiger partial charge is 0.304 e. The fourth-order valence-corrected chi connectivity index (χ4v) is 3.06. The van der Waals surface area contributed by atoms with Crippen LogP contribution in [0.5, 0.6) is 0 Å². The maximum atomic E-state index is 12.4. The van der Waals surface area contributed by atoms with Gasteiger partial charge in [0.1, 0.15) is 0 Å². The van der Waals surface area contributed by atoms with Gasteiger partial charge in [0.25, 0.3) is 0 Å². The quantitative estimate of drug-likeness (QED) is 0.809. The maximum Gasteiger partial charge on any atom is 0.304 e. The highest BCUT2D eigenvalue weighted by atomic mass is 16.4. The largest absolute Gasteiger partial charge is 0.481 e. The van der Waals surface area contributed by atoms with E-state index in [0.717, 1.165) is 32.6 Å². The highest BCUT2D eigenvalue weighted by Gasteiger charge is 2.38. The Balaban J connectivity index is 1.99. The minimum absolute atomic E-state index is 0.0172. The molecule has 2 fully saturated rings. The number of carboxylic acid groups (broad SMARTS) is 1. The highest BCUT2D eigenvalue weighted by Crippen LogP contribution is 2.27. The number of fused-ring (bicyclic) bond motifs is 1. The Kier molecular flexibility index (Phi) is 3.61. The summed E-state index contributed by atoms with van der Waals surface area (Å²) >= 11 is 0. The summed E-state index contributed by atoms with van der Waals surface area (Å²) in [6.07, 6.45) is 2.27. The lowest BCUT2D eigenvalue weighted by atomic mass is 9.87. The molecular weight excluding hydrogens is 232 g/mol. The summed E-state index contributed by atoms with van der Waals surface area (Å²) in [6.45, 7) is 7.03. The molecular formula is C13H22N2O3. The fourth-order valence-electron chi connectivity index (χ4n) is 3.06. The summed E-state index contributed by atoms with van der Waals surface area (Å²) in [5, 5.41) is 8.87. The maximum absolute atomic E-state index is 12.4. The van der Waals surface area contributed by atoms with Crippen LogP contribution in [0.3, 0.4) is 0 Å². The second-order valence-corrected chi connectivity index (χ2v) is 6.04. The van der Waals surface area contributed by atoms with Gasteiger partial charge in [-0.2, -0.15) is 0 Å². The Morgan fingerprint density at radius 3 is 2.67 bits per heavy atom. The molecule has 102 valence electrons. The van der Waals surface area contributed by atoms with Crippen LogP contribution in [0.1, 0.15) is 33.1 Å². The summed E-state index contributed by atoms with van der Waals surface area (Å²) in [6, 6.07) is 0.489. The first-order valence-electron chi connectivity index (χ1n) is 6.65. The van der Waals surface area contributed by atoms with Gasteiger partial charge < -0.3 is 10.0 Å². The fraction of sp³-hybridized carbons (Fsp3) is 0.846. The third-order valence-corrected chi connectivity index (χ3v) is 4.05. The molecule has 0 aromatic heterocycles. The van der Waals surface area contributed by atoms with Crippen LogP contribution in [0.4, 0.5) is 0 Å². The van der Waals surface area contributed by atoms with Crippen molar-refractivity contribution in [3.63, 3.8) is 0 Å². The Bertz CT molecular complexity index is 354. The Morgan fingerprint density at radius 2 is 2.00 bits per heavy atom. The molecule has 18 heavy (non-hydrogen) atoms. The van der Waals surface area contributed by atoms with Crippen LogP contribution >= 0.6 is 0 Å². The third kappa shape index (κ3) is 2.66. The summed E-state index contributed by atoms with van der Waals surface area (Å²) in [5.74, 6) is -0.927. The predicted molar refractivity (Wildman–Crippen MR) is 67.2 cm³/mol. The number of rotatable bonds is 3. The SMILES string of the molecule is CC(C)(CC(=O)O)C(=O)N1CCN2CCCC2C1. The van der Waals surface area contributed by atoms with Crippen molar-refractivity contribution in [3.05, 3.63) is 0 Å². The first-order valence-corrected chi connectivity index (χ1v) is 6.65. The van der Waals surface area contributed by atoms with Crippen molar-refractivity contribution in [1.29, 1.82) is 0 Å². The monoisotopic (exact) mass is 254 g/mol. The van der Waals surface area contributed by atoms with Gasteiger partial charge in [-0.1, -0.05) is 13.8 Å². The molecule has 1 N–H and O–H groups in total. The third-order valence-electron chi connectivity index (χ3n) is 4.05. The van der Waals surface area contributed by atoms with Crippen LogP contribution in [0.25, 0.3) is 0 Å². The number of piperazine rings is 1. The van der Waals surface area contributed by atoms with E-state index in [0.29, 0.717) is 6.04 Å². The van der Waals surface area contributed by atoms with E-state index >= 15 is 0 Å². The summed E-state index contributed by atoms with van der Waals surface area (Å²) in [5.41, 5.74) is -0.799. The standard InChI is InChI=1S/C13H22N2O3/c1-13(2,8-11(16)17)12(18)15-7-6-14-5-3-4-10(14)9-15/h10H,3-9H2,1-2H3,(H,16,17). The normalized spacial score (nSPS) is 25.0. The van der Waals surface area contributed by atoms with E-state index in [1.807, 2.05) is 4.90 Å². The van der Waals surface area contributed by atoms with E-state index in [1.54, 1.807) is 13.8 Å². The van der Waals surface area contributed by atoms with E-state index in [4.69, 9.17) is 5.11 Å². The molecule has 0 aromatic rings. The molecule has 5 heteroatoms. The molecule has 5 nitrogen and oxygen atoms in total. The zero-order valence-corrected chi connectivity index (χ0v) is 11.2. The number of carboxylic acids is 1. The number of aliphatic carboxylic acids is 1. The molecule has 2 heterocycles. The summed E-state index contributed by atoms with van der Waals surface area (Å²) in [7, 11) is 0. The first kappa shape index (κ1) is 13.3. The van der Waals surface area contributed by atoms with Gasteiger partial charge in [-0.15, -0.1) is 0 Å². The predicted octanol–water partition coefficient (Wildman–Crippen LogP) is 0.794. The minimum atomic E-state index is -0.909. The molecule has 2 rings (SSSR count). The van der Waals surface area contributed by atoms with Crippen LogP contribution in [0.15, 0.2) is 0 Å². The topological polar surface area (TPSA) is 60.9 Å². The molecule has 0 aliphatic carbocycles. The van der Waals surface area contributed by atoms with Crippen molar-refractivity contribution < 1.29 is 14.7 Å². The van der Waals surface area contributed by atoms with Crippen molar-refractivity contribution in [3.8, 4) is 0 Å². The van der Waals surface area contributed by atoms with Crippen LogP contribution in [-0.4, -0.2) is 59.0 Å². The van der Waals surface area contributed by atoms with Gasteiger partial charge in [-0.05, 0) is 19.4 Å². The number of amides is 1. The molecule has 0 aromatic carbocycles. The molecule has 2 aliphatic heterocycles. The van der Waals surface area contributed by atoms with E-state index in [2.05, 4.69) is 4.90 Å². The zero-order valence-electron chi connectivity index (χ0n) is 11.2. The van der Waals surface area contributed by atoms with E-state index in [1.165, 1.54) is 6.42 Å². The van der Waals surface area contributed by atoms with Gasteiger partial charge in [0.15, 0.2) is 0 Å². The number of carbonyl (C=O) groups is 2. The number of nitrogens with zero attached hydrogens (tertiary/aromatic N) is 2. The molecule has 1 atom stereocenters. The van der Waals surface area contributed by atoms with Crippen molar-refractivity contribution >= 4 is 11.9 Å². The van der Waals surface area contributed by atoms with Gasteiger partial charge in [-0.3, -0.25) is 14.5 Å². The molecule has 0 radical (unpaired) electrons. The van der Waals surface area contributed by atoms with Crippen molar-refractivity contribution in [2.24, 2.45) is 5.41 Å². The number of hydrogen-bond acceptors (Lipinski definition) is 3. The molecule has 1 amide bonds. The van der Waals surface area contributed by atoms with Crippen molar-refractivity contribution in [1.82, 2.24) is 9.80 Å². The lowest BCUT2D eigenvalue weighted by Gasteiger charge is -2.40. The highest BCUT2D eigenvalue weighted by molar-refractivity contribution is 5.86. The lowest BCUT2D eigenvalue weighted by Crippen LogP contribution is -2.55. The molecule has 0 spiro atoms. The van der Waals surface area contributed by atoms with Crippen LogP contribution < -0.4 is 0 Å². The molecule has 2 saturated heterocycles. The Labute approximate surface area is 108 Å². The van der Waals surface area contributed by atoms with Crippen LogP contribution in [0.2, 0.25) is 0 Å². The summed E-state index contributed by atoms with van der Waals surface area (Å²) < 4.78 is 0. The van der Waals surface area contributed by atoms with E-state index in [9.17, 15) is 9.59 Å². The first-order chi connectivity index (χ1) is 8.40. The number of hydrogen-bond donors (Lipinski definition) is 1. The second-order valence-electron chi connectivity index (χ2n) is 6.04. The van der Waals surface area contributed by atoms with E-state index < -0.39 is 11.4 Å². The Morgan fingerprint density at radius 1 is 1.28 bits per heavy atom. The van der Waals surface area contributed by atoms with Crippen LogP contribution in [-0.2, 0) is 9.59 Å². The number of carbonyl (C=O) groups excluding carboxylic acids is 1. The lowest BCUT2D eigenvalue weighted by molar-refractivity contribution is -0.150. The van der Waals surface area contributed by atoms with Crippen molar-refractivity contribution in [2.75, 3.05) is 26.2 Å². The molecule has 2 aliphatic rings.